The van der Waals surface area contributed by atoms with Crippen molar-refractivity contribution in [3.8, 4) is 0 Å². The number of hydrogen-bond donors (Lipinski definition) is 0. The molecule has 0 radical (unpaired) electrons. The minimum absolute atomic E-state index is 0.120. The van der Waals surface area contributed by atoms with Gasteiger partial charge in [-0.05, 0) is 46.5 Å². The summed E-state index contributed by atoms with van der Waals surface area (Å²) in [5, 5.41) is 2.09. The van der Waals surface area contributed by atoms with E-state index in [2.05, 4.69) is 56.2 Å². The van der Waals surface area contributed by atoms with Crippen molar-refractivity contribution < 1.29 is 4.79 Å². The summed E-state index contributed by atoms with van der Waals surface area (Å²) in [6.45, 7) is 4.19. The van der Waals surface area contributed by atoms with Gasteiger partial charge in [-0.3, -0.25) is 4.79 Å². The van der Waals surface area contributed by atoms with E-state index >= 15 is 0 Å². The third-order valence-corrected chi connectivity index (χ3v) is 6.56. The first-order valence-electron chi connectivity index (χ1n) is 8.42. The molecule has 1 amide bonds. The Balaban J connectivity index is 1.71. The van der Waals surface area contributed by atoms with Crippen molar-refractivity contribution in [2.24, 2.45) is 0 Å². The first kappa shape index (κ1) is 16.6. The van der Waals surface area contributed by atoms with E-state index in [1.165, 1.54) is 11.1 Å². The molecule has 3 nitrogen and oxygen atoms in total. The van der Waals surface area contributed by atoms with Crippen LogP contribution >= 0.6 is 27.3 Å². The van der Waals surface area contributed by atoms with Crippen molar-refractivity contribution in [1.82, 2.24) is 9.47 Å². The van der Waals surface area contributed by atoms with Gasteiger partial charge in [0, 0.05) is 25.0 Å². The van der Waals surface area contributed by atoms with Crippen molar-refractivity contribution in [3.05, 3.63) is 69.2 Å². The van der Waals surface area contributed by atoms with Crippen LogP contribution in [0.2, 0.25) is 0 Å². The van der Waals surface area contributed by atoms with Crippen LogP contribution in [0.3, 0.4) is 0 Å². The third-order valence-electron chi connectivity index (χ3n) is 4.74. The van der Waals surface area contributed by atoms with Gasteiger partial charge in [-0.2, -0.15) is 0 Å². The van der Waals surface area contributed by atoms with Gasteiger partial charge in [-0.1, -0.05) is 36.4 Å². The van der Waals surface area contributed by atoms with Crippen molar-refractivity contribution in [1.29, 1.82) is 0 Å². The van der Waals surface area contributed by atoms with Crippen LogP contribution in [0.15, 0.2) is 52.3 Å². The number of rotatable bonds is 3. The Hall–Kier alpha value is -1.85. The van der Waals surface area contributed by atoms with Gasteiger partial charge in [0.05, 0.1) is 14.7 Å². The van der Waals surface area contributed by atoms with Gasteiger partial charge in [0.25, 0.3) is 5.91 Å². The zero-order valence-corrected chi connectivity index (χ0v) is 16.4. The molecule has 0 atom stereocenters. The van der Waals surface area contributed by atoms with E-state index in [1.54, 1.807) is 11.3 Å². The van der Waals surface area contributed by atoms with Crippen molar-refractivity contribution in [2.45, 2.75) is 26.4 Å². The maximum atomic E-state index is 13.2. The summed E-state index contributed by atoms with van der Waals surface area (Å²) >= 11 is 5.30. The molecule has 0 bridgehead atoms. The number of benzene rings is 1. The van der Waals surface area contributed by atoms with Gasteiger partial charge in [0.15, 0.2) is 0 Å². The molecule has 0 fully saturated rings. The van der Waals surface area contributed by atoms with Crippen LogP contribution < -0.4 is 0 Å². The van der Waals surface area contributed by atoms with Crippen LogP contribution in [0.1, 0.15) is 28.5 Å². The highest BCUT2D eigenvalue weighted by Crippen LogP contribution is 2.34. The molecule has 3 heterocycles. The molecule has 128 valence electrons. The number of fused-ring (bicyclic) bond motifs is 2. The summed E-state index contributed by atoms with van der Waals surface area (Å²) in [6.07, 6.45) is 5.04. The third kappa shape index (κ3) is 2.96. The predicted octanol–water partition coefficient (Wildman–Crippen LogP) is 5.24. The summed E-state index contributed by atoms with van der Waals surface area (Å²) in [7, 11) is 0. The number of amides is 1. The maximum Gasteiger partial charge on any atom is 0.270 e. The van der Waals surface area contributed by atoms with E-state index in [-0.39, 0.29) is 5.91 Å². The van der Waals surface area contributed by atoms with Crippen molar-refractivity contribution >= 4 is 43.4 Å². The minimum Gasteiger partial charge on any atom is -0.333 e. The number of nitrogens with zero attached hydrogens (tertiary/aromatic N) is 2. The topological polar surface area (TPSA) is 25.2 Å². The van der Waals surface area contributed by atoms with Gasteiger partial charge < -0.3 is 9.47 Å². The fraction of sp³-hybridized carbons (Fsp3) is 0.250. The summed E-state index contributed by atoms with van der Waals surface area (Å²) in [5.74, 6) is 0.120. The van der Waals surface area contributed by atoms with Crippen molar-refractivity contribution in [3.63, 3.8) is 0 Å². The minimum atomic E-state index is 0.120. The predicted molar refractivity (Wildman–Crippen MR) is 107 cm³/mol. The lowest BCUT2D eigenvalue weighted by Crippen LogP contribution is -2.37. The second-order valence-electron chi connectivity index (χ2n) is 6.25. The van der Waals surface area contributed by atoms with Crippen LogP contribution in [0, 0.1) is 0 Å². The average molecular weight is 415 g/mol. The number of allylic oxidation sites excluding steroid dienone is 2. The molecule has 1 aliphatic rings. The Labute approximate surface area is 159 Å². The molecule has 0 spiro atoms. The number of thiophene rings is 1. The number of carbonyl (C=O) groups excluding carboxylic acids is 1. The van der Waals surface area contributed by atoms with Crippen LogP contribution in [0.25, 0.3) is 10.2 Å². The standard InChI is InChI=1S/C20H19BrN2OS/c1-2-3-9-23-17(11-18-19(23)16(21)13-25-18)20(24)22-10-8-14-6-4-5-7-15(14)12-22/h2-7,11,13H,8-10,12H2,1H3. The molecule has 0 saturated heterocycles. The Kier molecular flexibility index (Phi) is 4.52. The summed E-state index contributed by atoms with van der Waals surface area (Å²) < 4.78 is 4.33. The van der Waals surface area contributed by atoms with Gasteiger partial charge >= 0.3 is 0 Å². The Morgan fingerprint density at radius 1 is 1.32 bits per heavy atom. The molecule has 0 N–H and O–H groups in total. The second-order valence-corrected chi connectivity index (χ2v) is 8.02. The van der Waals surface area contributed by atoms with E-state index in [0.717, 1.165) is 33.3 Å². The van der Waals surface area contributed by atoms with Crippen molar-refractivity contribution in [2.75, 3.05) is 6.54 Å². The van der Waals surface area contributed by atoms with Crippen LogP contribution in [0.4, 0.5) is 0 Å². The molecule has 1 aromatic carbocycles. The summed E-state index contributed by atoms with van der Waals surface area (Å²) in [6, 6.07) is 10.5. The monoisotopic (exact) mass is 414 g/mol. The fourth-order valence-corrected chi connectivity index (χ4v) is 5.13. The van der Waals surface area contributed by atoms with E-state index in [1.807, 2.05) is 24.0 Å². The number of hydrogen-bond acceptors (Lipinski definition) is 2. The second kappa shape index (κ2) is 6.81. The number of carbonyl (C=O) groups is 1. The van der Waals surface area contributed by atoms with Gasteiger partial charge in [-0.25, -0.2) is 0 Å². The molecule has 25 heavy (non-hydrogen) atoms. The first-order chi connectivity index (χ1) is 12.2. The zero-order chi connectivity index (χ0) is 17.4. The van der Waals surface area contributed by atoms with E-state index in [4.69, 9.17) is 0 Å². The first-order valence-corrected chi connectivity index (χ1v) is 10.1. The Morgan fingerprint density at radius 2 is 2.12 bits per heavy atom. The quantitative estimate of drug-likeness (QED) is 0.537. The van der Waals surface area contributed by atoms with Crippen LogP contribution in [0.5, 0.6) is 0 Å². The van der Waals surface area contributed by atoms with Crippen LogP contribution in [-0.2, 0) is 19.5 Å². The largest absolute Gasteiger partial charge is 0.333 e. The summed E-state index contributed by atoms with van der Waals surface area (Å²) in [5.41, 5.74) is 4.51. The molecule has 0 aliphatic carbocycles. The molecular formula is C20H19BrN2OS. The fourth-order valence-electron chi connectivity index (χ4n) is 3.44. The number of aromatic nitrogens is 1. The lowest BCUT2D eigenvalue weighted by molar-refractivity contribution is 0.0725. The Bertz CT molecular complexity index is 969. The lowest BCUT2D eigenvalue weighted by Gasteiger charge is -2.29. The van der Waals surface area contributed by atoms with Gasteiger partial charge in [0.2, 0.25) is 0 Å². The SMILES string of the molecule is CC=CCn1c(C(=O)N2CCc3ccccc3C2)cc2scc(Br)c21. The van der Waals surface area contributed by atoms with E-state index < -0.39 is 0 Å². The van der Waals surface area contributed by atoms with Crippen LogP contribution in [-0.4, -0.2) is 21.9 Å². The maximum absolute atomic E-state index is 13.2. The molecule has 0 unspecified atom stereocenters. The highest BCUT2D eigenvalue weighted by atomic mass is 79.9. The molecule has 1 aliphatic heterocycles. The summed E-state index contributed by atoms with van der Waals surface area (Å²) in [4.78, 5) is 15.2. The molecule has 5 heteroatoms. The smallest absolute Gasteiger partial charge is 0.270 e. The molecule has 3 aromatic rings. The highest BCUT2D eigenvalue weighted by Gasteiger charge is 2.25. The molecular weight excluding hydrogens is 396 g/mol. The lowest BCUT2D eigenvalue weighted by atomic mass is 10.00. The normalized spacial score (nSPS) is 14.4. The zero-order valence-electron chi connectivity index (χ0n) is 14.0. The van der Waals surface area contributed by atoms with E-state index in [0.29, 0.717) is 13.1 Å². The number of halogens is 1. The van der Waals surface area contributed by atoms with E-state index in [9.17, 15) is 4.79 Å². The Morgan fingerprint density at radius 3 is 2.92 bits per heavy atom. The molecule has 2 aromatic heterocycles. The average Bonchev–Trinajstić information content (AvgIpc) is 3.19. The highest BCUT2D eigenvalue weighted by molar-refractivity contribution is 9.10. The molecule has 4 rings (SSSR count). The van der Waals surface area contributed by atoms with Gasteiger partial charge in [0.1, 0.15) is 5.69 Å². The van der Waals surface area contributed by atoms with Gasteiger partial charge in [-0.15, -0.1) is 11.3 Å². The molecule has 0 saturated carbocycles.